The lowest BCUT2D eigenvalue weighted by molar-refractivity contribution is -0.150. The van der Waals surface area contributed by atoms with E-state index in [1.165, 1.54) is 0 Å². The van der Waals surface area contributed by atoms with Gasteiger partial charge in [-0.15, -0.1) is 0 Å². The Morgan fingerprint density at radius 1 is 1.00 bits per heavy atom. The number of benzene rings is 2. The van der Waals surface area contributed by atoms with Gasteiger partial charge in [0.15, 0.2) is 13.2 Å². The number of ether oxygens (including phenoxy) is 3. The van der Waals surface area contributed by atoms with Crippen LogP contribution in [0.15, 0.2) is 42.5 Å². The molecule has 6 nitrogen and oxygen atoms in total. The van der Waals surface area contributed by atoms with Gasteiger partial charge in [-0.3, -0.25) is 4.79 Å². The van der Waals surface area contributed by atoms with Crippen molar-refractivity contribution in [1.29, 1.82) is 0 Å². The van der Waals surface area contributed by atoms with E-state index in [9.17, 15) is 9.59 Å². The number of carbonyl (C=O) groups excluding carboxylic acids is 2. The van der Waals surface area contributed by atoms with Crippen molar-refractivity contribution in [3.05, 3.63) is 58.6 Å². The van der Waals surface area contributed by atoms with E-state index in [2.05, 4.69) is 5.32 Å². The van der Waals surface area contributed by atoms with Crippen molar-refractivity contribution < 1.29 is 23.8 Å². The smallest absolute Gasteiger partial charge is 0.344 e. The first-order valence-electron chi connectivity index (χ1n) is 8.45. The summed E-state index contributed by atoms with van der Waals surface area (Å²) in [6, 6.07) is 12.7. The van der Waals surface area contributed by atoms with Gasteiger partial charge in [-0.05, 0) is 55.3 Å². The predicted octanol–water partition coefficient (Wildman–Crippen LogP) is 3.07. The van der Waals surface area contributed by atoms with E-state index in [0.717, 1.165) is 16.9 Å². The highest BCUT2D eigenvalue weighted by molar-refractivity contribution is 6.31. The van der Waals surface area contributed by atoms with Gasteiger partial charge >= 0.3 is 5.97 Å². The SMILES string of the molecule is Cc1cccc(OCCNC(=O)COC(=O)COc2ccc(Cl)c(C)c2)c1. The highest BCUT2D eigenvalue weighted by Gasteiger charge is 2.09. The minimum atomic E-state index is -0.631. The maximum atomic E-state index is 11.7. The number of halogens is 1. The molecule has 0 unspecified atom stereocenters. The van der Waals surface area contributed by atoms with Gasteiger partial charge in [0.05, 0.1) is 6.54 Å². The summed E-state index contributed by atoms with van der Waals surface area (Å²) in [6.07, 6.45) is 0. The Hall–Kier alpha value is -2.73. The number of rotatable bonds is 9. The molecule has 0 bridgehead atoms. The third-order valence-electron chi connectivity index (χ3n) is 3.53. The first-order valence-corrected chi connectivity index (χ1v) is 8.82. The van der Waals surface area contributed by atoms with E-state index < -0.39 is 11.9 Å². The second-order valence-electron chi connectivity index (χ2n) is 5.88. The van der Waals surface area contributed by atoms with Gasteiger partial charge in [0.25, 0.3) is 5.91 Å². The summed E-state index contributed by atoms with van der Waals surface area (Å²) in [4.78, 5) is 23.3. The number of amides is 1. The van der Waals surface area contributed by atoms with Gasteiger partial charge in [0, 0.05) is 5.02 Å². The molecule has 0 spiro atoms. The van der Waals surface area contributed by atoms with Crippen LogP contribution in [0.3, 0.4) is 0 Å². The Labute approximate surface area is 163 Å². The maximum Gasteiger partial charge on any atom is 0.344 e. The topological polar surface area (TPSA) is 73.9 Å². The number of carbonyl (C=O) groups is 2. The Morgan fingerprint density at radius 3 is 2.52 bits per heavy atom. The average molecular weight is 392 g/mol. The van der Waals surface area contributed by atoms with Crippen LogP contribution in [0.25, 0.3) is 0 Å². The lowest BCUT2D eigenvalue weighted by atomic mass is 10.2. The fourth-order valence-electron chi connectivity index (χ4n) is 2.15. The maximum absolute atomic E-state index is 11.7. The standard InChI is InChI=1S/C20H22ClNO5/c1-14-4-3-5-16(10-14)25-9-8-22-19(23)12-27-20(24)13-26-17-6-7-18(21)15(2)11-17/h3-7,10-11H,8-9,12-13H2,1-2H3,(H,22,23). The van der Waals surface area contributed by atoms with Gasteiger partial charge in [0.2, 0.25) is 0 Å². The van der Waals surface area contributed by atoms with Gasteiger partial charge in [-0.1, -0.05) is 23.7 Å². The van der Waals surface area contributed by atoms with E-state index in [0.29, 0.717) is 23.9 Å². The highest BCUT2D eigenvalue weighted by atomic mass is 35.5. The molecule has 2 rings (SSSR count). The number of hydrogen-bond acceptors (Lipinski definition) is 5. The van der Waals surface area contributed by atoms with Crippen LogP contribution < -0.4 is 14.8 Å². The van der Waals surface area contributed by atoms with Crippen LogP contribution in [-0.2, 0) is 14.3 Å². The second-order valence-corrected chi connectivity index (χ2v) is 6.28. The van der Waals surface area contributed by atoms with E-state index in [1.807, 2.05) is 38.1 Å². The van der Waals surface area contributed by atoms with Gasteiger partial charge in [-0.2, -0.15) is 0 Å². The van der Waals surface area contributed by atoms with Crippen LogP contribution in [0, 0.1) is 13.8 Å². The molecule has 0 aliphatic carbocycles. The molecule has 0 aliphatic heterocycles. The summed E-state index contributed by atoms with van der Waals surface area (Å²) in [5, 5.41) is 3.23. The number of hydrogen-bond donors (Lipinski definition) is 1. The summed E-state index contributed by atoms with van der Waals surface area (Å²) in [7, 11) is 0. The molecule has 0 fully saturated rings. The number of nitrogens with one attached hydrogen (secondary N) is 1. The van der Waals surface area contributed by atoms with E-state index in [1.54, 1.807) is 18.2 Å². The monoisotopic (exact) mass is 391 g/mol. The zero-order valence-electron chi connectivity index (χ0n) is 15.3. The molecule has 1 N–H and O–H groups in total. The highest BCUT2D eigenvalue weighted by Crippen LogP contribution is 2.20. The van der Waals surface area contributed by atoms with Crippen LogP contribution >= 0.6 is 11.6 Å². The van der Waals surface area contributed by atoms with Crippen molar-refractivity contribution >= 4 is 23.5 Å². The molecule has 2 aromatic rings. The molecule has 0 aromatic heterocycles. The van der Waals surface area contributed by atoms with Crippen LogP contribution in [0.5, 0.6) is 11.5 Å². The fourth-order valence-corrected chi connectivity index (χ4v) is 2.27. The van der Waals surface area contributed by atoms with Gasteiger partial charge in [-0.25, -0.2) is 4.79 Å². The summed E-state index contributed by atoms with van der Waals surface area (Å²) in [5.74, 6) is 0.212. The Bertz CT molecular complexity index is 794. The van der Waals surface area contributed by atoms with Crippen LogP contribution in [0.4, 0.5) is 0 Å². The van der Waals surface area contributed by atoms with Crippen LogP contribution in [0.1, 0.15) is 11.1 Å². The van der Waals surface area contributed by atoms with Crippen LogP contribution in [0.2, 0.25) is 5.02 Å². The van der Waals surface area contributed by atoms with Crippen LogP contribution in [-0.4, -0.2) is 38.2 Å². The first-order chi connectivity index (χ1) is 12.9. The third kappa shape index (κ3) is 7.58. The molecule has 0 saturated heterocycles. The molecule has 7 heteroatoms. The second kappa shape index (κ2) is 10.4. The van der Waals surface area contributed by atoms with Crippen molar-refractivity contribution in [2.45, 2.75) is 13.8 Å². The molecule has 0 saturated carbocycles. The Kier molecular flexibility index (Phi) is 7.95. The normalized spacial score (nSPS) is 10.2. The summed E-state index contributed by atoms with van der Waals surface area (Å²) in [6.45, 7) is 3.78. The molecular formula is C20H22ClNO5. The first kappa shape index (κ1) is 20.6. The molecule has 0 radical (unpaired) electrons. The largest absolute Gasteiger partial charge is 0.492 e. The molecular weight excluding hydrogens is 370 g/mol. The van der Waals surface area contributed by atoms with Crippen molar-refractivity contribution in [3.63, 3.8) is 0 Å². The lowest BCUT2D eigenvalue weighted by Gasteiger charge is -2.09. The zero-order valence-corrected chi connectivity index (χ0v) is 16.0. The Morgan fingerprint density at radius 2 is 1.78 bits per heavy atom. The predicted molar refractivity (Wildman–Crippen MR) is 102 cm³/mol. The van der Waals surface area contributed by atoms with Crippen molar-refractivity contribution in [2.24, 2.45) is 0 Å². The molecule has 0 aliphatic rings. The van der Waals surface area contributed by atoms with Gasteiger partial charge in [0.1, 0.15) is 18.1 Å². The quantitative estimate of drug-likeness (QED) is 0.525. The van der Waals surface area contributed by atoms with E-state index in [4.69, 9.17) is 25.8 Å². The fraction of sp³-hybridized carbons (Fsp3) is 0.300. The summed E-state index contributed by atoms with van der Waals surface area (Å²) >= 11 is 5.92. The minimum absolute atomic E-state index is 0.287. The summed E-state index contributed by atoms with van der Waals surface area (Å²) in [5.41, 5.74) is 1.94. The average Bonchev–Trinajstić information content (AvgIpc) is 2.64. The Balaban J connectivity index is 1.59. The van der Waals surface area contributed by atoms with Crippen molar-refractivity contribution in [1.82, 2.24) is 5.32 Å². The van der Waals surface area contributed by atoms with Gasteiger partial charge < -0.3 is 19.5 Å². The molecule has 27 heavy (non-hydrogen) atoms. The van der Waals surface area contributed by atoms with E-state index in [-0.39, 0.29) is 13.2 Å². The van der Waals surface area contributed by atoms with Crippen molar-refractivity contribution in [2.75, 3.05) is 26.4 Å². The lowest BCUT2D eigenvalue weighted by Crippen LogP contribution is -2.32. The molecule has 0 heterocycles. The number of aryl methyl sites for hydroxylation is 2. The van der Waals surface area contributed by atoms with Crippen molar-refractivity contribution in [3.8, 4) is 11.5 Å². The molecule has 2 aromatic carbocycles. The molecule has 144 valence electrons. The minimum Gasteiger partial charge on any atom is -0.492 e. The summed E-state index contributed by atoms with van der Waals surface area (Å²) < 4.78 is 15.7. The number of esters is 1. The molecule has 1 amide bonds. The third-order valence-corrected chi connectivity index (χ3v) is 3.96. The van der Waals surface area contributed by atoms with E-state index >= 15 is 0 Å². The zero-order chi connectivity index (χ0) is 19.6. The molecule has 0 atom stereocenters.